The lowest BCUT2D eigenvalue weighted by Crippen LogP contribution is -2.43. The summed E-state index contributed by atoms with van der Waals surface area (Å²) in [5.74, 6) is 0. The molecular formula is C17H28N2. The number of nitrogens with zero attached hydrogens (tertiary/aromatic N) is 1. The molecule has 0 bridgehead atoms. The Morgan fingerprint density at radius 2 is 1.89 bits per heavy atom. The topological polar surface area (TPSA) is 15.3 Å². The van der Waals surface area contributed by atoms with Crippen LogP contribution in [0.15, 0.2) is 24.3 Å². The maximum Gasteiger partial charge on any atom is 0.0208 e. The summed E-state index contributed by atoms with van der Waals surface area (Å²) < 4.78 is 0. The first-order valence-corrected chi connectivity index (χ1v) is 7.46. The van der Waals surface area contributed by atoms with Crippen molar-refractivity contribution in [1.82, 2.24) is 10.2 Å². The van der Waals surface area contributed by atoms with Crippen molar-refractivity contribution in [2.45, 2.75) is 51.6 Å². The molecule has 1 aromatic rings. The highest BCUT2D eigenvalue weighted by Crippen LogP contribution is 2.22. The highest BCUT2D eigenvalue weighted by molar-refractivity contribution is 5.27. The summed E-state index contributed by atoms with van der Waals surface area (Å²) in [5.41, 5.74) is 3.05. The summed E-state index contributed by atoms with van der Waals surface area (Å²) in [5, 5.41) is 3.68. The Bertz CT molecular complexity index is 389. The minimum atomic E-state index is 0.248. The fourth-order valence-electron chi connectivity index (χ4n) is 2.72. The summed E-state index contributed by atoms with van der Waals surface area (Å²) in [6.45, 7) is 10.2. The molecule has 0 aromatic heterocycles. The fraction of sp³-hybridized carbons (Fsp3) is 0.647. The lowest BCUT2D eigenvalue weighted by molar-refractivity contribution is 0.226. The number of rotatable bonds is 3. The summed E-state index contributed by atoms with van der Waals surface area (Å²) in [6.07, 6.45) is 2.63. The molecule has 0 radical (unpaired) electrons. The van der Waals surface area contributed by atoms with Gasteiger partial charge in [0.25, 0.3) is 0 Å². The number of likely N-dealkylation sites (tertiary alicyclic amines) is 1. The molecule has 2 nitrogen and oxygen atoms in total. The van der Waals surface area contributed by atoms with Gasteiger partial charge in [-0.2, -0.15) is 0 Å². The number of nitrogens with one attached hydrogen (secondary N) is 1. The average Bonchev–Trinajstić information content (AvgIpc) is 2.36. The first-order valence-electron chi connectivity index (χ1n) is 7.46. The Labute approximate surface area is 118 Å². The zero-order valence-electron chi connectivity index (χ0n) is 12.9. The maximum atomic E-state index is 3.68. The van der Waals surface area contributed by atoms with Gasteiger partial charge in [-0.1, -0.05) is 45.0 Å². The molecule has 0 amide bonds. The molecule has 1 heterocycles. The van der Waals surface area contributed by atoms with Crippen LogP contribution in [0.5, 0.6) is 0 Å². The quantitative estimate of drug-likeness (QED) is 0.898. The van der Waals surface area contributed by atoms with Crippen LogP contribution < -0.4 is 5.32 Å². The van der Waals surface area contributed by atoms with E-state index >= 15 is 0 Å². The molecule has 0 saturated carbocycles. The van der Waals surface area contributed by atoms with E-state index in [0.29, 0.717) is 6.04 Å². The van der Waals surface area contributed by atoms with Crippen molar-refractivity contribution in [3.8, 4) is 0 Å². The van der Waals surface area contributed by atoms with Crippen LogP contribution in [-0.2, 0) is 12.0 Å². The number of likely N-dealkylation sites (N-methyl/N-ethyl adjacent to an activating group) is 1. The Morgan fingerprint density at radius 3 is 2.47 bits per heavy atom. The van der Waals surface area contributed by atoms with Gasteiger partial charge in [0.1, 0.15) is 0 Å². The molecule has 2 rings (SSSR count). The monoisotopic (exact) mass is 260 g/mol. The second-order valence-corrected chi connectivity index (χ2v) is 6.93. The van der Waals surface area contributed by atoms with Crippen LogP contribution in [0.25, 0.3) is 0 Å². The van der Waals surface area contributed by atoms with Gasteiger partial charge in [0, 0.05) is 19.1 Å². The van der Waals surface area contributed by atoms with Gasteiger partial charge in [-0.15, -0.1) is 0 Å². The van der Waals surface area contributed by atoms with E-state index in [1.165, 1.54) is 37.1 Å². The molecule has 1 aliphatic heterocycles. The molecule has 1 N–H and O–H groups in total. The molecule has 1 unspecified atom stereocenters. The Balaban J connectivity index is 1.86. The second kappa shape index (κ2) is 6.06. The number of hydrogen-bond acceptors (Lipinski definition) is 2. The van der Waals surface area contributed by atoms with Crippen LogP contribution in [0.4, 0.5) is 0 Å². The van der Waals surface area contributed by atoms with Crippen molar-refractivity contribution in [2.24, 2.45) is 0 Å². The van der Waals surface area contributed by atoms with Gasteiger partial charge in [-0.3, -0.25) is 0 Å². The van der Waals surface area contributed by atoms with Crippen LogP contribution in [-0.4, -0.2) is 31.1 Å². The Morgan fingerprint density at radius 1 is 1.21 bits per heavy atom. The molecule has 0 spiro atoms. The minimum absolute atomic E-state index is 0.248. The number of benzene rings is 1. The molecule has 1 saturated heterocycles. The van der Waals surface area contributed by atoms with Gasteiger partial charge >= 0.3 is 0 Å². The lowest BCUT2D eigenvalue weighted by Gasteiger charge is -2.30. The van der Waals surface area contributed by atoms with Crippen LogP contribution in [0.1, 0.15) is 44.7 Å². The predicted molar refractivity (Wildman–Crippen MR) is 82.5 cm³/mol. The van der Waals surface area contributed by atoms with Gasteiger partial charge in [0.2, 0.25) is 0 Å². The van der Waals surface area contributed by atoms with E-state index in [2.05, 4.69) is 62.3 Å². The molecule has 2 heteroatoms. The second-order valence-electron chi connectivity index (χ2n) is 6.93. The highest BCUT2D eigenvalue weighted by Gasteiger charge is 2.16. The van der Waals surface area contributed by atoms with Crippen LogP contribution in [0, 0.1) is 0 Å². The third-order valence-corrected chi connectivity index (χ3v) is 4.04. The third-order valence-electron chi connectivity index (χ3n) is 4.04. The first-order chi connectivity index (χ1) is 8.95. The standard InChI is InChI=1S/C17H28N2/c1-17(2,3)15-9-7-14(8-10-15)12-18-16-6-5-11-19(4)13-16/h7-10,16,18H,5-6,11-13H2,1-4H3. The summed E-state index contributed by atoms with van der Waals surface area (Å²) >= 11 is 0. The van der Waals surface area contributed by atoms with Crippen molar-refractivity contribution in [1.29, 1.82) is 0 Å². The van der Waals surface area contributed by atoms with Crippen molar-refractivity contribution >= 4 is 0 Å². The normalized spacial score (nSPS) is 21.6. The summed E-state index contributed by atoms with van der Waals surface area (Å²) in [4.78, 5) is 2.42. The van der Waals surface area contributed by atoms with Crippen molar-refractivity contribution in [2.75, 3.05) is 20.1 Å². The van der Waals surface area contributed by atoms with Gasteiger partial charge in [0.05, 0.1) is 0 Å². The number of hydrogen-bond donors (Lipinski definition) is 1. The lowest BCUT2D eigenvalue weighted by atomic mass is 9.87. The SMILES string of the molecule is CN1CCCC(NCc2ccc(C(C)(C)C)cc2)C1. The highest BCUT2D eigenvalue weighted by atomic mass is 15.1. The van der Waals surface area contributed by atoms with E-state index in [-0.39, 0.29) is 5.41 Å². The van der Waals surface area contributed by atoms with E-state index in [4.69, 9.17) is 0 Å². The van der Waals surface area contributed by atoms with Crippen molar-refractivity contribution in [3.05, 3.63) is 35.4 Å². The molecule has 1 fully saturated rings. The van der Waals surface area contributed by atoms with Crippen molar-refractivity contribution < 1.29 is 0 Å². The Kier molecular flexibility index (Phi) is 4.64. The van der Waals surface area contributed by atoms with Gasteiger partial charge in [-0.05, 0) is 43.0 Å². The maximum absolute atomic E-state index is 3.68. The predicted octanol–water partition coefficient (Wildman–Crippen LogP) is 3.17. The van der Waals surface area contributed by atoms with Crippen LogP contribution in [0.2, 0.25) is 0 Å². The molecular weight excluding hydrogens is 232 g/mol. The van der Waals surface area contributed by atoms with Crippen molar-refractivity contribution in [3.63, 3.8) is 0 Å². The molecule has 0 aliphatic carbocycles. The largest absolute Gasteiger partial charge is 0.309 e. The summed E-state index contributed by atoms with van der Waals surface area (Å²) in [7, 11) is 2.21. The average molecular weight is 260 g/mol. The molecule has 1 aliphatic rings. The number of piperidine rings is 1. The Hall–Kier alpha value is -0.860. The van der Waals surface area contributed by atoms with Crippen LogP contribution in [0.3, 0.4) is 0 Å². The van der Waals surface area contributed by atoms with Gasteiger partial charge in [-0.25, -0.2) is 0 Å². The molecule has 106 valence electrons. The van der Waals surface area contributed by atoms with E-state index in [9.17, 15) is 0 Å². The van der Waals surface area contributed by atoms with Crippen LogP contribution >= 0.6 is 0 Å². The molecule has 19 heavy (non-hydrogen) atoms. The minimum Gasteiger partial charge on any atom is -0.309 e. The van der Waals surface area contributed by atoms with E-state index in [0.717, 1.165) is 6.54 Å². The molecule has 1 aromatic carbocycles. The molecule has 1 atom stereocenters. The van der Waals surface area contributed by atoms with E-state index in [1.54, 1.807) is 0 Å². The van der Waals surface area contributed by atoms with E-state index < -0.39 is 0 Å². The zero-order chi connectivity index (χ0) is 13.9. The smallest absolute Gasteiger partial charge is 0.0208 e. The van der Waals surface area contributed by atoms with Gasteiger partial charge in [0.15, 0.2) is 0 Å². The summed E-state index contributed by atoms with van der Waals surface area (Å²) in [6, 6.07) is 9.72. The third kappa shape index (κ3) is 4.32. The fourth-order valence-corrected chi connectivity index (χ4v) is 2.72. The zero-order valence-corrected chi connectivity index (χ0v) is 12.9. The van der Waals surface area contributed by atoms with Gasteiger partial charge < -0.3 is 10.2 Å². The first kappa shape index (κ1) is 14.5. The van der Waals surface area contributed by atoms with E-state index in [1.807, 2.05) is 0 Å².